The van der Waals surface area contributed by atoms with Crippen LogP contribution in [-0.4, -0.2) is 98.5 Å². The number of likely N-dealkylation sites (N-methyl/N-ethyl adjacent to an activating group) is 2. The molecule has 2 rings (SSSR count). The van der Waals surface area contributed by atoms with Gasteiger partial charge in [-0.05, 0) is 92.2 Å². The van der Waals surface area contributed by atoms with E-state index in [0.29, 0.717) is 26.4 Å². The normalized spacial score (nSPS) is 18.9. The van der Waals surface area contributed by atoms with Gasteiger partial charge in [0.15, 0.2) is 10.2 Å². The highest BCUT2D eigenvalue weighted by atomic mass is 32.1. The lowest BCUT2D eigenvalue weighted by Gasteiger charge is -2.37. The Morgan fingerprint density at radius 2 is 1.24 bits per heavy atom. The van der Waals surface area contributed by atoms with Gasteiger partial charge in [0.25, 0.3) is 0 Å². The van der Waals surface area contributed by atoms with E-state index < -0.39 is 0 Å². The molecule has 9 heteroatoms. The van der Waals surface area contributed by atoms with Crippen LogP contribution in [0, 0.1) is 0 Å². The van der Waals surface area contributed by atoms with Gasteiger partial charge in [-0.1, -0.05) is 18.3 Å². The molecular weight excluding hydrogens is 485 g/mol. The van der Waals surface area contributed by atoms with E-state index in [1.807, 2.05) is 0 Å². The molecule has 34 heavy (non-hydrogen) atoms. The Labute approximate surface area is 223 Å². The number of nitrogens with zero attached hydrogens (tertiary/aromatic N) is 4. The van der Waals surface area contributed by atoms with Crippen LogP contribution < -0.4 is 0 Å². The van der Waals surface area contributed by atoms with Gasteiger partial charge >= 0.3 is 0 Å². The van der Waals surface area contributed by atoms with Gasteiger partial charge in [-0.25, -0.2) is 0 Å². The summed E-state index contributed by atoms with van der Waals surface area (Å²) in [5, 5.41) is 1.77. The highest BCUT2D eigenvalue weighted by Crippen LogP contribution is 2.31. The van der Waals surface area contributed by atoms with Crippen molar-refractivity contribution in [3.63, 3.8) is 0 Å². The molecule has 2 saturated heterocycles. The van der Waals surface area contributed by atoms with Crippen LogP contribution in [0.3, 0.4) is 0 Å². The van der Waals surface area contributed by atoms with E-state index in [-0.39, 0.29) is 11.1 Å². The van der Waals surface area contributed by atoms with Crippen LogP contribution in [0.5, 0.6) is 0 Å². The first-order valence-electron chi connectivity index (χ1n) is 12.5. The SMILES string of the molecule is CC=C1CN(CC)C(=S)N1C(C)(C)CCOCCCOCCC(C)(C)N1C(=S)CN(CC)C1=S. The monoisotopic (exact) mass is 528 g/mol. The van der Waals surface area contributed by atoms with Gasteiger partial charge in [0, 0.05) is 56.3 Å². The molecule has 2 aliphatic heterocycles. The zero-order valence-corrected chi connectivity index (χ0v) is 24.6. The molecule has 0 N–H and O–H groups in total. The minimum Gasteiger partial charge on any atom is -0.381 e. The van der Waals surface area contributed by atoms with Crippen LogP contribution in [0.15, 0.2) is 11.8 Å². The van der Waals surface area contributed by atoms with Crippen molar-refractivity contribution in [3.8, 4) is 0 Å². The molecule has 2 fully saturated rings. The minimum absolute atomic E-state index is 0.0744. The summed E-state index contributed by atoms with van der Waals surface area (Å²) in [6, 6.07) is 0. The Balaban J connectivity index is 1.64. The summed E-state index contributed by atoms with van der Waals surface area (Å²) in [6.45, 7) is 21.5. The highest BCUT2D eigenvalue weighted by Gasteiger charge is 2.39. The van der Waals surface area contributed by atoms with Crippen molar-refractivity contribution in [2.24, 2.45) is 0 Å². The predicted molar refractivity (Wildman–Crippen MR) is 153 cm³/mol. The Bertz CT molecular complexity index is 769. The van der Waals surface area contributed by atoms with E-state index >= 15 is 0 Å². The second-order valence-electron chi connectivity index (χ2n) is 10.1. The number of hydrogen-bond acceptors (Lipinski definition) is 5. The molecule has 0 saturated carbocycles. The van der Waals surface area contributed by atoms with Crippen LogP contribution in [0.1, 0.15) is 67.7 Å². The molecule has 0 spiro atoms. The summed E-state index contributed by atoms with van der Waals surface area (Å²) < 4.78 is 11.8. The van der Waals surface area contributed by atoms with Gasteiger partial charge < -0.3 is 29.1 Å². The fourth-order valence-electron chi connectivity index (χ4n) is 4.44. The second kappa shape index (κ2) is 12.9. The average molecular weight is 529 g/mol. The molecule has 0 radical (unpaired) electrons. The molecule has 0 unspecified atom stereocenters. The Kier molecular flexibility index (Phi) is 11.1. The summed E-state index contributed by atoms with van der Waals surface area (Å²) in [4.78, 5) is 9.73. The number of allylic oxidation sites excluding steroid dienone is 1. The van der Waals surface area contributed by atoms with Crippen molar-refractivity contribution in [1.82, 2.24) is 19.6 Å². The minimum atomic E-state index is -0.143. The van der Waals surface area contributed by atoms with E-state index in [2.05, 4.69) is 74.1 Å². The molecule has 0 aromatic rings. The van der Waals surface area contributed by atoms with E-state index in [9.17, 15) is 0 Å². The van der Waals surface area contributed by atoms with Crippen LogP contribution in [0.2, 0.25) is 0 Å². The fourth-order valence-corrected chi connectivity index (χ4v) is 6.10. The van der Waals surface area contributed by atoms with Crippen LogP contribution in [0.4, 0.5) is 0 Å². The van der Waals surface area contributed by atoms with Crippen LogP contribution in [0.25, 0.3) is 0 Å². The average Bonchev–Trinajstić information content (AvgIpc) is 3.27. The molecule has 0 bridgehead atoms. The summed E-state index contributed by atoms with van der Waals surface area (Å²) in [6.07, 6.45) is 4.85. The van der Waals surface area contributed by atoms with E-state index in [4.69, 9.17) is 46.1 Å². The fraction of sp³-hybridized carbons (Fsp3) is 0.800. The third kappa shape index (κ3) is 7.09. The first-order chi connectivity index (χ1) is 16.0. The van der Waals surface area contributed by atoms with Gasteiger partial charge in [-0.15, -0.1) is 0 Å². The lowest BCUT2D eigenvalue weighted by atomic mass is 9.98. The van der Waals surface area contributed by atoms with Crippen LogP contribution >= 0.6 is 36.7 Å². The third-order valence-corrected chi connectivity index (χ3v) is 7.93. The van der Waals surface area contributed by atoms with E-state index in [1.54, 1.807) is 0 Å². The van der Waals surface area contributed by atoms with Crippen molar-refractivity contribution >= 4 is 51.9 Å². The summed E-state index contributed by atoms with van der Waals surface area (Å²) in [7, 11) is 0. The second-order valence-corrected chi connectivity index (χ2v) is 11.3. The van der Waals surface area contributed by atoms with Gasteiger partial charge in [-0.3, -0.25) is 0 Å². The quantitative estimate of drug-likeness (QED) is 0.233. The Morgan fingerprint density at radius 3 is 1.71 bits per heavy atom. The molecule has 6 nitrogen and oxygen atoms in total. The Hall–Kier alpha value is -0.870. The zero-order chi connectivity index (χ0) is 25.5. The molecule has 0 aliphatic carbocycles. The Morgan fingerprint density at radius 1 is 0.765 bits per heavy atom. The maximum Gasteiger partial charge on any atom is 0.177 e. The smallest absolute Gasteiger partial charge is 0.177 e. The van der Waals surface area contributed by atoms with Crippen molar-refractivity contribution in [1.29, 1.82) is 0 Å². The largest absolute Gasteiger partial charge is 0.381 e. The number of thiocarbonyl (C=S) groups is 3. The molecule has 194 valence electrons. The molecule has 0 atom stereocenters. The predicted octanol–water partition coefficient (Wildman–Crippen LogP) is 4.82. The van der Waals surface area contributed by atoms with Crippen molar-refractivity contribution < 1.29 is 9.47 Å². The standard InChI is InChI=1S/C25H44N4O2S3/c1-8-20-18-26(9-2)22(33)28(20)24(4,5)12-16-30-14-11-15-31-17-13-25(6,7)29-21(32)19-27(10-3)23(29)34/h8H,9-19H2,1-7H3. The molecule has 2 heterocycles. The highest BCUT2D eigenvalue weighted by molar-refractivity contribution is 7.82. The summed E-state index contributed by atoms with van der Waals surface area (Å²) in [5.41, 5.74) is 1.07. The number of rotatable bonds is 14. The first-order valence-corrected chi connectivity index (χ1v) is 13.7. The maximum atomic E-state index is 5.94. The van der Waals surface area contributed by atoms with Gasteiger partial charge in [-0.2, -0.15) is 0 Å². The van der Waals surface area contributed by atoms with Gasteiger partial charge in [0.05, 0.1) is 13.1 Å². The third-order valence-electron chi connectivity index (χ3n) is 6.74. The molecule has 0 amide bonds. The van der Waals surface area contributed by atoms with Gasteiger partial charge in [0.2, 0.25) is 0 Å². The van der Waals surface area contributed by atoms with E-state index in [1.165, 1.54) is 5.70 Å². The van der Waals surface area contributed by atoms with Crippen molar-refractivity contribution in [2.45, 2.75) is 78.8 Å². The van der Waals surface area contributed by atoms with Crippen molar-refractivity contribution in [2.75, 3.05) is 52.6 Å². The zero-order valence-electron chi connectivity index (χ0n) is 22.2. The maximum absolute atomic E-state index is 5.94. The molecule has 0 aromatic carbocycles. The number of ether oxygens (including phenoxy) is 2. The first kappa shape index (κ1) is 29.4. The molecular formula is C25H44N4O2S3. The lowest BCUT2D eigenvalue weighted by Crippen LogP contribution is -2.48. The van der Waals surface area contributed by atoms with Gasteiger partial charge in [0.1, 0.15) is 4.99 Å². The topological polar surface area (TPSA) is 31.4 Å². The summed E-state index contributed by atoms with van der Waals surface area (Å²) in [5.74, 6) is 0. The lowest BCUT2D eigenvalue weighted by molar-refractivity contribution is 0.0604. The summed E-state index contributed by atoms with van der Waals surface area (Å²) >= 11 is 17.0. The molecule has 2 aliphatic rings. The molecule has 0 aromatic heterocycles. The number of hydrogen-bond donors (Lipinski definition) is 0. The van der Waals surface area contributed by atoms with Crippen molar-refractivity contribution in [3.05, 3.63) is 11.8 Å². The van der Waals surface area contributed by atoms with Crippen LogP contribution in [-0.2, 0) is 9.47 Å². The van der Waals surface area contributed by atoms with E-state index in [0.717, 1.165) is 60.7 Å².